The predicted molar refractivity (Wildman–Crippen MR) is 52.2 cm³/mol. The van der Waals surface area contributed by atoms with Crippen LogP contribution in [0.1, 0.15) is 12.1 Å². The van der Waals surface area contributed by atoms with Gasteiger partial charge in [-0.3, -0.25) is 4.79 Å². The van der Waals surface area contributed by atoms with Crippen LogP contribution in [-0.4, -0.2) is 34.6 Å². The average molecular weight is 213 g/mol. The Morgan fingerprint density at radius 2 is 2.27 bits per heavy atom. The van der Waals surface area contributed by atoms with Gasteiger partial charge in [0.2, 0.25) is 0 Å². The SMILES string of the molecule is Cc1ncnc(N(C)CCC(=O)O)c1F. The van der Waals surface area contributed by atoms with Crippen molar-refractivity contribution in [2.75, 3.05) is 18.5 Å². The van der Waals surface area contributed by atoms with E-state index in [1.165, 1.54) is 18.2 Å². The second-order valence-electron chi connectivity index (χ2n) is 3.16. The van der Waals surface area contributed by atoms with E-state index >= 15 is 0 Å². The molecule has 1 heterocycles. The number of aromatic nitrogens is 2. The number of carboxylic acids is 1. The fourth-order valence-corrected chi connectivity index (χ4v) is 1.08. The minimum Gasteiger partial charge on any atom is -0.481 e. The van der Waals surface area contributed by atoms with Crippen molar-refractivity contribution in [3.05, 3.63) is 17.8 Å². The summed E-state index contributed by atoms with van der Waals surface area (Å²) in [7, 11) is 1.59. The summed E-state index contributed by atoms with van der Waals surface area (Å²) in [6, 6.07) is 0. The van der Waals surface area contributed by atoms with Crippen molar-refractivity contribution >= 4 is 11.8 Å². The molecule has 0 unspecified atom stereocenters. The molecule has 0 bridgehead atoms. The zero-order valence-electron chi connectivity index (χ0n) is 8.57. The number of halogens is 1. The predicted octanol–water partition coefficient (Wildman–Crippen LogP) is 0.835. The highest BCUT2D eigenvalue weighted by molar-refractivity contribution is 5.67. The monoisotopic (exact) mass is 213 g/mol. The van der Waals surface area contributed by atoms with Crippen LogP contribution < -0.4 is 4.90 Å². The number of aliphatic carboxylic acids is 1. The summed E-state index contributed by atoms with van der Waals surface area (Å²) >= 11 is 0. The van der Waals surface area contributed by atoms with Crippen LogP contribution in [0.15, 0.2) is 6.33 Å². The largest absolute Gasteiger partial charge is 0.481 e. The minimum absolute atomic E-state index is 0.0566. The highest BCUT2D eigenvalue weighted by atomic mass is 19.1. The molecule has 1 aromatic rings. The Kier molecular flexibility index (Phi) is 3.54. The van der Waals surface area contributed by atoms with Crippen LogP contribution in [0.25, 0.3) is 0 Å². The van der Waals surface area contributed by atoms with Gasteiger partial charge in [-0.25, -0.2) is 14.4 Å². The average Bonchev–Trinajstić information content (AvgIpc) is 2.18. The van der Waals surface area contributed by atoms with Gasteiger partial charge in [0.25, 0.3) is 0 Å². The number of rotatable bonds is 4. The lowest BCUT2D eigenvalue weighted by Crippen LogP contribution is -2.23. The normalized spacial score (nSPS) is 10.1. The smallest absolute Gasteiger partial charge is 0.305 e. The first-order valence-electron chi connectivity index (χ1n) is 4.42. The van der Waals surface area contributed by atoms with Gasteiger partial charge in [0, 0.05) is 13.6 Å². The van der Waals surface area contributed by atoms with Crippen molar-refractivity contribution in [3.63, 3.8) is 0 Å². The Morgan fingerprint density at radius 1 is 1.60 bits per heavy atom. The third kappa shape index (κ3) is 2.87. The maximum Gasteiger partial charge on any atom is 0.305 e. The second-order valence-corrected chi connectivity index (χ2v) is 3.16. The number of carboxylic acid groups (broad SMARTS) is 1. The van der Waals surface area contributed by atoms with Gasteiger partial charge in [-0.1, -0.05) is 0 Å². The molecule has 0 aliphatic carbocycles. The molecule has 1 N–H and O–H groups in total. The third-order valence-corrected chi connectivity index (χ3v) is 1.97. The molecule has 0 saturated carbocycles. The highest BCUT2D eigenvalue weighted by Crippen LogP contribution is 2.15. The first-order chi connectivity index (χ1) is 7.02. The zero-order valence-corrected chi connectivity index (χ0v) is 8.57. The summed E-state index contributed by atoms with van der Waals surface area (Å²) < 4.78 is 13.5. The molecule has 6 heteroatoms. The van der Waals surface area contributed by atoms with E-state index in [4.69, 9.17) is 5.11 Å². The van der Waals surface area contributed by atoms with Crippen LogP contribution in [0.2, 0.25) is 0 Å². The topological polar surface area (TPSA) is 66.3 Å². The van der Waals surface area contributed by atoms with Gasteiger partial charge in [0.05, 0.1) is 12.1 Å². The Morgan fingerprint density at radius 3 is 2.87 bits per heavy atom. The van der Waals surface area contributed by atoms with Gasteiger partial charge < -0.3 is 10.0 Å². The van der Waals surface area contributed by atoms with Crippen LogP contribution in [0.3, 0.4) is 0 Å². The first kappa shape index (κ1) is 11.4. The first-order valence-corrected chi connectivity index (χ1v) is 4.42. The maximum atomic E-state index is 13.5. The molecule has 0 aliphatic rings. The molecular weight excluding hydrogens is 201 g/mol. The van der Waals surface area contributed by atoms with Gasteiger partial charge in [0.15, 0.2) is 11.6 Å². The Balaban J connectivity index is 2.77. The molecule has 1 aromatic heterocycles. The van der Waals surface area contributed by atoms with E-state index in [9.17, 15) is 9.18 Å². The van der Waals surface area contributed by atoms with E-state index < -0.39 is 11.8 Å². The van der Waals surface area contributed by atoms with Gasteiger partial charge >= 0.3 is 5.97 Å². The van der Waals surface area contributed by atoms with Crippen molar-refractivity contribution < 1.29 is 14.3 Å². The van der Waals surface area contributed by atoms with E-state index in [2.05, 4.69) is 9.97 Å². The van der Waals surface area contributed by atoms with Gasteiger partial charge in [-0.2, -0.15) is 0 Å². The molecule has 0 aromatic carbocycles. The lowest BCUT2D eigenvalue weighted by atomic mass is 10.3. The number of hydrogen-bond donors (Lipinski definition) is 1. The van der Waals surface area contributed by atoms with E-state index in [1.54, 1.807) is 7.05 Å². The van der Waals surface area contributed by atoms with Crippen molar-refractivity contribution in [1.82, 2.24) is 9.97 Å². The van der Waals surface area contributed by atoms with E-state index in [1.807, 2.05) is 0 Å². The molecule has 0 aliphatic heterocycles. The minimum atomic E-state index is -0.923. The standard InChI is InChI=1S/C9H12FN3O2/c1-6-8(10)9(12-5-11-6)13(2)4-3-7(14)15/h5H,3-4H2,1-2H3,(H,14,15). The Bertz CT molecular complexity index is 370. The van der Waals surface area contributed by atoms with Crippen LogP contribution in [0, 0.1) is 12.7 Å². The highest BCUT2D eigenvalue weighted by Gasteiger charge is 2.12. The van der Waals surface area contributed by atoms with Gasteiger partial charge in [-0.05, 0) is 6.92 Å². The molecule has 15 heavy (non-hydrogen) atoms. The summed E-state index contributed by atoms with van der Waals surface area (Å²) in [5, 5.41) is 8.48. The van der Waals surface area contributed by atoms with Crippen molar-refractivity contribution in [3.8, 4) is 0 Å². The molecule has 0 amide bonds. The number of aryl methyl sites for hydroxylation is 1. The summed E-state index contributed by atoms with van der Waals surface area (Å²) in [6.07, 6.45) is 1.20. The van der Waals surface area contributed by atoms with Crippen LogP contribution in [0.4, 0.5) is 10.2 Å². The van der Waals surface area contributed by atoms with E-state index in [-0.39, 0.29) is 24.5 Å². The molecule has 0 saturated heterocycles. The van der Waals surface area contributed by atoms with Gasteiger partial charge in [0.1, 0.15) is 6.33 Å². The summed E-state index contributed by atoms with van der Waals surface area (Å²) in [5.41, 5.74) is 0.252. The van der Waals surface area contributed by atoms with Crippen LogP contribution in [0.5, 0.6) is 0 Å². The molecule has 0 fully saturated rings. The molecule has 0 spiro atoms. The van der Waals surface area contributed by atoms with Crippen LogP contribution >= 0.6 is 0 Å². The summed E-state index contributed by atoms with van der Waals surface area (Å²) in [4.78, 5) is 19.2. The summed E-state index contributed by atoms with van der Waals surface area (Å²) in [5.74, 6) is -1.30. The number of anilines is 1. The van der Waals surface area contributed by atoms with Crippen LogP contribution in [-0.2, 0) is 4.79 Å². The van der Waals surface area contributed by atoms with Gasteiger partial charge in [-0.15, -0.1) is 0 Å². The third-order valence-electron chi connectivity index (χ3n) is 1.97. The molecule has 5 nitrogen and oxygen atoms in total. The lowest BCUT2D eigenvalue weighted by Gasteiger charge is -2.17. The fourth-order valence-electron chi connectivity index (χ4n) is 1.08. The molecule has 82 valence electrons. The maximum absolute atomic E-state index is 13.5. The number of hydrogen-bond acceptors (Lipinski definition) is 4. The Hall–Kier alpha value is -1.72. The second kappa shape index (κ2) is 4.68. The van der Waals surface area contributed by atoms with E-state index in [0.717, 1.165) is 0 Å². The van der Waals surface area contributed by atoms with E-state index in [0.29, 0.717) is 0 Å². The van der Waals surface area contributed by atoms with Crippen molar-refractivity contribution in [1.29, 1.82) is 0 Å². The molecular formula is C9H12FN3O2. The van der Waals surface area contributed by atoms with Crippen molar-refractivity contribution in [2.45, 2.75) is 13.3 Å². The molecule has 0 radical (unpaired) electrons. The van der Waals surface area contributed by atoms with Crippen molar-refractivity contribution in [2.24, 2.45) is 0 Å². The Labute approximate surface area is 86.6 Å². The zero-order chi connectivity index (χ0) is 11.4. The quantitative estimate of drug-likeness (QED) is 0.802. The lowest BCUT2D eigenvalue weighted by molar-refractivity contribution is -0.136. The fraction of sp³-hybridized carbons (Fsp3) is 0.444. The number of carbonyl (C=O) groups is 1. The molecule has 0 atom stereocenters. The summed E-state index contributed by atoms with van der Waals surface area (Å²) in [6.45, 7) is 1.74. The molecule has 1 rings (SSSR count). The number of nitrogens with zero attached hydrogens (tertiary/aromatic N) is 3.